The molecule has 0 aliphatic rings. The van der Waals surface area contributed by atoms with Gasteiger partial charge in [0.15, 0.2) is 6.61 Å². The van der Waals surface area contributed by atoms with Crippen molar-refractivity contribution in [2.75, 3.05) is 23.3 Å². The van der Waals surface area contributed by atoms with Crippen molar-refractivity contribution in [3.05, 3.63) is 82.9 Å². The fourth-order valence-electron chi connectivity index (χ4n) is 3.95. The van der Waals surface area contributed by atoms with Gasteiger partial charge in [0.25, 0.3) is 10.0 Å². The highest BCUT2D eigenvalue weighted by Crippen LogP contribution is 2.28. The number of sulfonamides is 1. The molecular formula is C30H36N2O6S. The van der Waals surface area contributed by atoms with Gasteiger partial charge in [-0.2, -0.15) is 0 Å². The summed E-state index contributed by atoms with van der Waals surface area (Å²) in [6.45, 7) is 11.8. The maximum atomic E-state index is 13.0. The summed E-state index contributed by atoms with van der Waals surface area (Å²) in [6.07, 6.45) is 0. The maximum Gasteiger partial charge on any atom is 0.344 e. The number of carbonyl (C=O) groups excluding carboxylic acids is 2. The maximum absolute atomic E-state index is 13.0. The van der Waals surface area contributed by atoms with Gasteiger partial charge in [-0.15, -0.1) is 0 Å². The smallest absolute Gasteiger partial charge is 0.344 e. The van der Waals surface area contributed by atoms with Crippen molar-refractivity contribution < 1.29 is 27.5 Å². The Morgan fingerprint density at radius 2 is 1.49 bits per heavy atom. The fraction of sp³-hybridized carbons (Fsp3) is 0.333. The summed E-state index contributed by atoms with van der Waals surface area (Å²) in [5.41, 5.74) is 5.33. The number of hydrogen-bond donors (Lipinski definition) is 1. The van der Waals surface area contributed by atoms with Crippen molar-refractivity contribution in [1.82, 2.24) is 0 Å². The SMILES string of the molecule is CC(=O)Nc1ccc(S(=O)(=O)N(C)c2ccc(OCC(=O)OCc3c(C)cc(C(C)(C)C)cc3C)cc2)cc1. The molecule has 0 radical (unpaired) electrons. The molecule has 0 saturated heterocycles. The van der Waals surface area contributed by atoms with Crippen LogP contribution in [0.25, 0.3) is 0 Å². The average Bonchev–Trinajstić information content (AvgIpc) is 2.86. The molecule has 0 atom stereocenters. The van der Waals surface area contributed by atoms with Gasteiger partial charge in [-0.1, -0.05) is 32.9 Å². The molecule has 0 bridgehead atoms. The van der Waals surface area contributed by atoms with E-state index in [2.05, 4.69) is 38.2 Å². The second kappa shape index (κ2) is 11.9. The van der Waals surface area contributed by atoms with Crippen LogP contribution < -0.4 is 14.4 Å². The standard InChI is InChI=1S/C30H36N2O6S/c1-20-16-23(30(4,5)6)17-21(2)28(20)18-38-29(34)19-37-26-12-10-25(11-13-26)32(7)39(35,36)27-14-8-24(9-15-27)31-22(3)33/h8-17H,18-19H2,1-7H3,(H,31,33). The second-order valence-corrected chi connectivity index (χ2v) is 12.4. The van der Waals surface area contributed by atoms with Crippen LogP contribution in [-0.4, -0.2) is 33.9 Å². The molecule has 208 valence electrons. The van der Waals surface area contributed by atoms with Gasteiger partial charge in [0.2, 0.25) is 5.91 Å². The summed E-state index contributed by atoms with van der Waals surface area (Å²) < 4.78 is 38.2. The number of esters is 1. The number of aryl methyl sites for hydroxylation is 2. The summed E-state index contributed by atoms with van der Waals surface area (Å²) in [5.74, 6) is -0.336. The number of benzene rings is 3. The Balaban J connectivity index is 1.57. The van der Waals surface area contributed by atoms with Gasteiger partial charge in [-0.25, -0.2) is 13.2 Å². The molecule has 8 nitrogen and oxygen atoms in total. The van der Waals surface area contributed by atoms with Crippen molar-refractivity contribution >= 4 is 33.3 Å². The minimum atomic E-state index is -3.82. The van der Waals surface area contributed by atoms with Crippen molar-refractivity contribution in [2.45, 2.75) is 58.5 Å². The molecule has 0 aliphatic heterocycles. The van der Waals surface area contributed by atoms with Crippen LogP contribution in [0.1, 0.15) is 49.9 Å². The number of ether oxygens (including phenoxy) is 2. The highest BCUT2D eigenvalue weighted by atomic mass is 32.2. The molecule has 9 heteroatoms. The number of hydrogen-bond acceptors (Lipinski definition) is 6. The molecule has 1 N–H and O–H groups in total. The monoisotopic (exact) mass is 552 g/mol. The van der Waals surface area contributed by atoms with Crippen LogP contribution in [0.15, 0.2) is 65.6 Å². The van der Waals surface area contributed by atoms with E-state index >= 15 is 0 Å². The van der Waals surface area contributed by atoms with Crippen LogP contribution in [-0.2, 0) is 36.4 Å². The van der Waals surface area contributed by atoms with Gasteiger partial charge in [0.05, 0.1) is 10.6 Å². The van der Waals surface area contributed by atoms with Crippen LogP contribution in [0.4, 0.5) is 11.4 Å². The fourth-order valence-corrected chi connectivity index (χ4v) is 5.15. The van der Waals surface area contributed by atoms with Gasteiger partial charge >= 0.3 is 5.97 Å². The average molecular weight is 553 g/mol. The third-order valence-electron chi connectivity index (χ3n) is 6.33. The van der Waals surface area contributed by atoms with E-state index in [0.29, 0.717) is 17.1 Å². The van der Waals surface area contributed by atoms with E-state index in [1.807, 2.05) is 13.8 Å². The van der Waals surface area contributed by atoms with E-state index in [-0.39, 0.29) is 29.4 Å². The zero-order chi connectivity index (χ0) is 29.0. The van der Waals surface area contributed by atoms with Crippen LogP contribution in [0.5, 0.6) is 5.75 Å². The first-order chi connectivity index (χ1) is 18.2. The second-order valence-electron chi connectivity index (χ2n) is 10.5. The molecule has 3 rings (SSSR count). The van der Waals surface area contributed by atoms with Crippen molar-refractivity contribution in [3.63, 3.8) is 0 Å². The molecule has 3 aromatic rings. The van der Waals surface area contributed by atoms with Crippen LogP contribution in [0.2, 0.25) is 0 Å². The predicted octanol–water partition coefficient (Wildman–Crippen LogP) is 5.51. The molecule has 0 unspecified atom stereocenters. The summed E-state index contributed by atoms with van der Waals surface area (Å²) in [5, 5.41) is 2.60. The Hall–Kier alpha value is -3.85. The number of nitrogens with zero attached hydrogens (tertiary/aromatic N) is 1. The van der Waals surface area contributed by atoms with Crippen LogP contribution in [0, 0.1) is 13.8 Å². The van der Waals surface area contributed by atoms with Gasteiger partial charge in [0.1, 0.15) is 12.4 Å². The summed E-state index contributed by atoms with van der Waals surface area (Å²) in [6, 6.07) is 16.6. The Morgan fingerprint density at radius 3 is 2.00 bits per heavy atom. The highest BCUT2D eigenvalue weighted by Gasteiger charge is 2.22. The Labute approximate surface area is 231 Å². The highest BCUT2D eigenvalue weighted by molar-refractivity contribution is 7.92. The number of carbonyl (C=O) groups is 2. The zero-order valence-corrected chi connectivity index (χ0v) is 24.3. The molecule has 0 heterocycles. The lowest BCUT2D eigenvalue weighted by atomic mass is 9.84. The first kappa shape index (κ1) is 29.7. The summed E-state index contributed by atoms with van der Waals surface area (Å²) >= 11 is 0. The first-order valence-corrected chi connectivity index (χ1v) is 14.0. The van der Waals surface area contributed by atoms with Crippen LogP contribution >= 0.6 is 0 Å². The minimum Gasteiger partial charge on any atom is -0.482 e. The Bertz CT molecular complexity index is 1420. The van der Waals surface area contributed by atoms with Crippen molar-refractivity contribution in [2.24, 2.45) is 0 Å². The molecule has 39 heavy (non-hydrogen) atoms. The van der Waals surface area contributed by atoms with Gasteiger partial charge in [0, 0.05) is 19.7 Å². The van der Waals surface area contributed by atoms with Gasteiger partial charge in [-0.3, -0.25) is 9.10 Å². The number of anilines is 2. The van der Waals surface area contributed by atoms with Crippen LogP contribution in [0.3, 0.4) is 0 Å². The molecular weight excluding hydrogens is 516 g/mol. The molecule has 0 aromatic heterocycles. The number of amides is 1. The summed E-state index contributed by atoms with van der Waals surface area (Å²) in [4.78, 5) is 23.6. The molecule has 0 fully saturated rings. The van der Waals surface area contributed by atoms with E-state index < -0.39 is 16.0 Å². The Morgan fingerprint density at radius 1 is 0.923 bits per heavy atom. The third kappa shape index (κ3) is 7.60. The normalized spacial score (nSPS) is 11.6. The summed E-state index contributed by atoms with van der Waals surface area (Å²) in [7, 11) is -2.38. The molecule has 0 spiro atoms. The van der Waals surface area contributed by atoms with E-state index in [1.54, 1.807) is 24.3 Å². The van der Waals surface area contributed by atoms with E-state index in [0.717, 1.165) is 21.0 Å². The Kier molecular flexibility index (Phi) is 9.07. The topological polar surface area (TPSA) is 102 Å². The minimum absolute atomic E-state index is 0.0351. The molecule has 1 amide bonds. The lowest BCUT2D eigenvalue weighted by molar-refractivity contribution is -0.147. The van der Waals surface area contributed by atoms with E-state index in [9.17, 15) is 18.0 Å². The lowest BCUT2D eigenvalue weighted by Crippen LogP contribution is -2.26. The van der Waals surface area contributed by atoms with Gasteiger partial charge in [-0.05, 0) is 90.0 Å². The largest absolute Gasteiger partial charge is 0.482 e. The van der Waals surface area contributed by atoms with Crippen molar-refractivity contribution in [3.8, 4) is 5.75 Å². The number of rotatable bonds is 9. The molecule has 0 saturated carbocycles. The zero-order valence-electron chi connectivity index (χ0n) is 23.5. The third-order valence-corrected chi connectivity index (χ3v) is 8.13. The predicted molar refractivity (Wildman–Crippen MR) is 153 cm³/mol. The molecule has 0 aliphatic carbocycles. The number of nitrogens with one attached hydrogen (secondary N) is 1. The quantitative estimate of drug-likeness (QED) is 0.352. The first-order valence-electron chi connectivity index (χ1n) is 12.5. The van der Waals surface area contributed by atoms with E-state index in [1.165, 1.54) is 43.8 Å². The van der Waals surface area contributed by atoms with Crippen molar-refractivity contribution in [1.29, 1.82) is 0 Å². The molecule has 3 aromatic carbocycles. The van der Waals surface area contributed by atoms with E-state index in [4.69, 9.17) is 9.47 Å². The van der Waals surface area contributed by atoms with Gasteiger partial charge < -0.3 is 14.8 Å². The lowest BCUT2D eigenvalue weighted by Gasteiger charge is -2.22.